The quantitative estimate of drug-likeness (QED) is 0.467. The first-order valence-electron chi connectivity index (χ1n) is 6.55. The zero-order valence-electron chi connectivity index (χ0n) is 9.76. The van der Waals surface area contributed by atoms with Crippen LogP contribution in [0.4, 0.5) is 0 Å². The molecule has 0 bridgehead atoms. The summed E-state index contributed by atoms with van der Waals surface area (Å²) in [6, 6.07) is 1.52. The molecule has 1 unspecified atom stereocenters. The second kappa shape index (κ2) is 8.48. The molecule has 0 aliphatic carbocycles. The maximum absolute atomic E-state index is 5.77. The van der Waals surface area contributed by atoms with Crippen molar-refractivity contribution in [2.75, 3.05) is 6.61 Å². The minimum Gasteiger partial charge on any atom is -0.382 e. The van der Waals surface area contributed by atoms with Gasteiger partial charge in [-0.05, 0) is 19.3 Å². The molecule has 1 saturated heterocycles. The highest BCUT2D eigenvalue weighted by molar-refractivity contribution is 6.37. The molecule has 1 heterocycles. The number of unbranched alkanes of at least 4 members (excludes halogenated alkanes) is 4. The van der Waals surface area contributed by atoms with Gasteiger partial charge in [-0.1, -0.05) is 45.1 Å². The van der Waals surface area contributed by atoms with Crippen LogP contribution in [0.2, 0.25) is 6.04 Å². The molecule has 1 atom stereocenters. The van der Waals surface area contributed by atoms with Crippen LogP contribution in [-0.4, -0.2) is 21.9 Å². The van der Waals surface area contributed by atoms with Crippen molar-refractivity contribution in [3.63, 3.8) is 0 Å². The van der Waals surface area contributed by atoms with Crippen molar-refractivity contribution < 1.29 is 4.74 Å². The van der Waals surface area contributed by atoms with Crippen LogP contribution < -0.4 is 0 Å². The Kier molecular flexibility index (Phi) is 7.42. The van der Waals surface area contributed by atoms with Crippen LogP contribution in [0.1, 0.15) is 58.3 Å². The lowest BCUT2D eigenvalue weighted by atomic mass is 10.2. The van der Waals surface area contributed by atoms with E-state index in [4.69, 9.17) is 4.74 Å². The average Bonchev–Trinajstić information content (AvgIpc) is 2.25. The van der Waals surface area contributed by atoms with Crippen molar-refractivity contribution in [1.82, 2.24) is 0 Å². The Labute approximate surface area is 91.4 Å². The Hall–Kier alpha value is 0.177. The fourth-order valence-electron chi connectivity index (χ4n) is 2.19. The predicted molar refractivity (Wildman–Crippen MR) is 65.7 cm³/mol. The Bertz CT molecular complexity index is 121. The maximum Gasteiger partial charge on any atom is 0.0555 e. The maximum atomic E-state index is 5.77. The molecule has 0 aromatic heterocycles. The van der Waals surface area contributed by atoms with Gasteiger partial charge in [0.05, 0.1) is 9.52 Å². The van der Waals surface area contributed by atoms with Crippen molar-refractivity contribution >= 4 is 9.52 Å². The lowest BCUT2D eigenvalue weighted by Crippen LogP contribution is -2.25. The molecule has 0 N–H and O–H groups in total. The summed E-state index contributed by atoms with van der Waals surface area (Å²) >= 11 is 0. The normalized spacial score (nSPS) is 23.4. The first kappa shape index (κ1) is 12.2. The number of hydrogen-bond acceptors (Lipinski definition) is 1. The van der Waals surface area contributed by atoms with E-state index in [9.17, 15) is 0 Å². The fourth-order valence-corrected chi connectivity index (χ4v) is 4.20. The molecule has 0 radical (unpaired) electrons. The molecular weight excluding hydrogens is 188 g/mol. The predicted octanol–water partition coefficient (Wildman–Crippen LogP) is 3.07. The first-order valence-corrected chi connectivity index (χ1v) is 8.36. The van der Waals surface area contributed by atoms with E-state index in [1.54, 1.807) is 0 Å². The molecule has 84 valence electrons. The van der Waals surface area contributed by atoms with Gasteiger partial charge in [-0.3, -0.25) is 0 Å². The fraction of sp³-hybridized carbons (Fsp3) is 1.00. The summed E-state index contributed by atoms with van der Waals surface area (Å²) in [4.78, 5) is 0. The van der Waals surface area contributed by atoms with Crippen LogP contribution in [0.15, 0.2) is 0 Å². The molecule has 1 rings (SSSR count). The third-order valence-corrected chi connectivity index (χ3v) is 5.35. The summed E-state index contributed by atoms with van der Waals surface area (Å²) in [6.07, 6.45) is 11.3. The van der Waals surface area contributed by atoms with Crippen LogP contribution in [-0.2, 0) is 4.74 Å². The van der Waals surface area contributed by atoms with Gasteiger partial charge < -0.3 is 4.74 Å². The third kappa shape index (κ3) is 5.81. The van der Waals surface area contributed by atoms with Gasteiger partial charge in [0.15, 0.2) is 0 Å². The summed E-state index contributed by atoms with van der Waals surface area (Å²) in [5.74, 6) is 0. The summed E-state index contributed by atoms with van der Waals surface area (Å²) < 4.78 is 5.77. The topological polar surface area (TPSA) is 9.23 Å². The van der Waals surface area contributed by atoms with Crippen LogP contribution in [0.3, 0.4) is 0 Å². The second-order valence-electron chi connectivity index (χ2n) is 4.55. The molecule has 0 amide bonds. The van der Waals surface area contributed by atoms with E-state index in [1.807, 2.05) is 0 Å². The van der Waals surface area contributed by atoms with Gasteiger partial charge in [-0.15, -0.1) is 0 Å². The van der Waals surface area contributed by atoms with Crippen molar-refractivity contribution in [3.05, 3.63) is 0 Å². The number of ether oxygens (including phenoxy) is 1. The largest absolute Gasteiger partial charge is 0.382 e. The lowest BCUT2D eigenvalue weighted by Gasteiger charge is -2.22. The molecule has 1 aliphatic heterocycles. The second-order valence-corrected chi connectivity index (χ2v) is 6.74. The van der Waals surface area contributed by atoms with E-state index in [0.29, 0.717) is 0 Å². The van der Waals surface area contributed by atoms with E-state index in [-0.39, 0.29) is 9.52 Å². The molecule has 1 nitrogen and oxygen atoms in total. The molecule has 1 fully saturated rings. The minimum atomic E-state index is 0.109. The number of hydrogen-bond donors (Lipinski definition) is 0. The highest BCUT2D eigenvalue weighted by atomic mass is 28.2. The Morgan fingerprint density at radius 1 is 1.14 bits per heavy atom. The minimum absolute atomic E-state index is 0.109. The van der Waals surface area contributed by atoms with Gasteiger partial charge in [0.1, 0.15) is 0 Å². The van der Waals surface area contributed by atoms with Crippen LogP contribution in [0, 0.1) is 0 Å². The Balaban J connectivity index is 1.82. The highest BCUT2D eigenvalue weighted by Crippen LogP contribution is 2.14. The van der Waals surface area contributed by atoms with E-state index in [1.165, 1.54) is 57.4 Å². The molecular formula is C12H26OSi. The zero-order valence-corrected chi connectivity index (χ0v) is 11.2. The van der Waals surface area contributed by atoms with Gasteiger partial charge in [-0.2, -0.15) is 0 Å². The van der Waals surface area contributed by atoms with E-state index < -0.39 is 0 Å². The van der Waals surface area contributed by atoms with Crippen molar-refractivity contribution in [2.24, 2.45) is 0 Å². The molecule has 0 saturated carbocycles. The van der Waals surface area contributed by atoms with Gasteiger partial charge >= 0.3 is 0 Å². The smallest absolute Gasteiger partial charge is 0.0555 e. The van der Waals surface area contributed by atoms with Crippen LogP contribution >= 0.6 is 0 Å². The number of rotatable bonds is 7. The molecule has 0 spiro atoms. The Morgan fingerprint density at radius 2 is 2.00 bits per heavy atom. The average molecular weight is 214 g/mol. The van der Waals surface area contributed by atoms with Crippen LogP contribution in [0.5, 0.6) is 0 Å². The van der Waals surface area contributed by atoms with Crippen molar-refractivity contribution in [3.8, 4) is 0 Å². The molecule has 0 aromatic carbocycles. The summed E-state index contributed by atoms with van der Waals surface area (Å²) in [7, 11) is 0.109. The van der Waals surface area contributed by atoms with Crippen molar-refractivity contribution in [1.29, 1.82) is 0 Å². The molecule has 1 aliphatic rings. The first-order chi connectivity index (χ1) is 6.93. The highest BCUT2D eigenvalue weighted by Gasteiger charge is 2.12. The van der Waals surface area contributed by atoms with E-state index >= 15 is 0 Å². The molecule has 0 aromatic rings. The third-order valence-electron chi connectivity index (χ3n) is 3.15. The molecule has 2 heteroatoms. The molecule has 14 heavy (non-hydrogen) atoms. The summed E-state index contributed by atoms with van der Waals surface area (Å²) in [5, 5.41) is 0. The summed E-state index contributed by atoms with van der Waals surface area (Å²) in [6.45, 7) is 3.33. The van der Waals surface area contributed by atoms with Gasteiger partial charge in [0.2, 0.25) is 0 Å². The van der Waals surface area contributed by atoms with Crippen LogP contribution in [0.25, 0.3) is 0 Å². The van der Waals surface area contributed by atoms with E-state index in [2.05, 4.69) is 6.92 Å². The van der Waals surface area contributed by atoms with E-state index in [0.717, 1.165) is 12.3 Å². The SMILES string of the molecule is CCCCCCC[SiH2]C1CCCCO1. The lowest BCUT2D eigenvalue weighted by molar-refractivity contribution is 0.0649. The van der Waals surface area contributed by atoms with Gasteiger partial charge in [0, 0.05) is 12.3 Å². The summed E-state index contributed by atoms with van der Waals surface area (Å²) in [5.41, 5.74) is 0.745. The van der Waals surface area contributed by atoms with Crippen molar-refractivity contribution in [2.45, 2.75) is 70.1 Å². The van der Waals surface area contributed by atoms with Gasteiger partial charge in [-0.25, -0.2) is 0 Å². The van der Waals surface area contributed by atoms with Gasteiger partial charge in [0.25, 0.3) is 0 Å². The zero-order chi connectivity index (χ0) is 10.1. The standard InChI is InChI=1S/C12H26OSi/c1-2-3-4-5-8-11-14-12-9-6-7-10-13-12/h12H,2-11,14H2,1H3. The Morgan fingerprint density at radius 3 is 2.71 bits per heavy atom. The monoisotopic (exact) mass is 214 g/mol.